The molecule has 0 aliphatic carbocycles. The predicted octanol–water partition coefficient (Wildman–Crippen LogP) is 1.21. The first-order valence-corrected chi connectivity index (χ1v) is 5.33. The van der Waals surface area contributed by atoms with E-state index < -0.39 is 0 Å². The van der Waals surface area contributed by atoms with Crippen LogP contribution in [0.3, 0.4) is 0 Å². The molecule has 2 unspecified atom stereocenters. The first kappa shape index (κ1) is 12.9. The maximum absolute atomic E-state index is 9.48. The van der Waals surface area contributed by atoms with Gasteiger partial charge >= 0.3 is 0 Å². The molecule has 0 heterocycles. The van der Waals surface area contributed by atoms with E-state index >= 15 is 0 Å². The zero-order chi connectivity index (χ0) is 10.1. The standard InChI is InChI=1S/C10H24N2O/c1-3-4-5-6-7-10(13)8-12-9(2)11/h9-10,12-13H,3-8,11H2,1-2H3. The highest BCUT2D eigenvalue weighted by atomic mass is 16.3. The molecule has 0 aromatic heterocycles. The van der Waals surface area contributed by atoms with Gasteiger partial charge in [0.2, 0.25) is 0 Å². The van der Waals surface area contributed by atoms with Gasteiger partial charge in [-0.05, 0) is 13.3 Å². The van der Waals surface area contributed by atoms with E-state index in [0.29, 0.717) is 6.54 Å². The average Bonchev–Trinajstić information content (AvgIpc) is 2.09. The monoisotopic (exact) mass is 188 g/mol. The van der Waals surface area contributed by atoms with Crippen molar-refractivity contribution in [1.82, 2.24) is 5.32 Å². The minimum atomic E-state index is -0.233. The third-order valence-corrected chi connectivity index (χ3v) is 2.07. The lowest BCUT2D eigenvalue weighted by atomic mass is 10.1. The quantitative estimate of drug-likeness (QED) is 0.396. The number of hydrogen-bond acceptors (Lipinski definition) is 3. The summed E-state index contributed by atoms with van der Waals surface area (Å²) in [5, 5.41) is 12.5. The zero-order valence-corrected chi connectivity index (χ0v) is 8.92. The Morgan fingerprint density at radius 1 is 1.31 bits per heavy atom. The summed E-state index contributed by atoms with van der Waals surface area (Å²) in [7, 11) is 0. The minimum Gasteiger partial charge on any atom is -0.392 e. The number of hydrogen-bond donors (Lipinski definition) is 3. The van der Waals surface area contributed by atoms with E-state index in [2.05, 4.69) is 12.2 Å². The van der Waals surface area contributed by atoms with Gasteiger partial charge in [-0.1, -0.05) is 32.6 Å². The van der Waals surface area contributed by atoms with E-state index in [1.807, 2.05) is 6.92 Å². The average molecular weight is 188 g/mol. The van der Waals surface area contributed by atoms with Crippen LogP contribution in [0.25, 0.3) is 0 Å². The van der Waals surface area contributed by atoms with Gasteiger partial charge in [0, 0.05) is 6.54 Å². The van der Waals surface area contributed by atoms with Crippen molar-refractivity contribution in [2.45, 2.75) is 58.2 Å². The molecule has 0 aromatic rings. The summed E-state index contributed by atoms with van der Waals surface area (Å²) in [5.74, 6) is 0. The Balaban J connectivity index is 3.15. The molecular formula is C10H24N2O. The third kappa shape index (κ3) is 9.80. The van der Waals surface area contributed by atoms with Crippen molar-refractivity contribution in [3.63, 3.8) is 0 Å². The Morgan fingerprint density at radius 3 is 2.54 bits per heavy atom. The smallest absolute Gasteiger partial charge is 0.0665 e. The topological polar surface area (TPSA) is 58.3 Å². The molecule has 0 amide bonds. The largest absolute Gasteiger partial charge is 0.392 e. The van der Waals surface area contributed by atoms with Crippen LogP contribution in [0.5, 0.6) is 0 Å². The summed E-state index contributed by atoms with van der Waals surface area (Å²) in [4.78, 5) is 0. The third-order valence-electron chi connectivity index (χ3n) is 2.07. The SMILES string of the molecule is CCCCCCC(O)CNC(C)N. The molecule has 4 N–H and O–H groups in total. The van der Waals surface area contributed by atoms with Gasteiger partial charge in [0.15, 0.2) is 0 Å². The number of nitrogens with one attached hydrogen (secondary N) is 1. The van der Waals surface area contributed by atoms with Crippen molar-refractivity contribution >= 4 is 0 Å². The van der Waals surface area contributed by atoms with Crippen LogP contribution in [0.1, 0.15) is 46.0 Å². The molecule has 0 aromatic carbocycles. The predicted molar refractivity (Wildman–Crippen MR) is 56.4 cm³/mol. The van der Waals surface area contributed by atoms with Crippen LogP contribution in [-0.4, -0.2) is 23.9 Å². The van der Waals surface area contributed by atoms with Crippen molar-refractivity contribution in [3.8, 4) is 0 Å². The van der Waals surface area contributed by atoms with Gasteiger partial charge in [0.1, 0.15) is 0 Å². The molecule has 2 atom stereocenters. The number of aliphatic hydroxyl groups is 1. The Morgan fingerprint density at radius 2 is 2.00 bits per heavy atom. The second kappa shape index (κ2) is 8.48. The molecule has 0 rings (SSSR count). The van der Waals surface area contributed by atoms with Crippen LogP contribution in [0.2, 0.25) is 0 Å². The van der Waals surface area contributed by atoms with Crippen LogP contribution in [-0.2, 0) is 0 Å². The Kier molecular flexibility index (Phi) is 8.40. The van der Waals surface area contributed by atoms with Gasteiger partial charge < -0.3 is 10.8 Å². The molecule has 0 saturated heterocycles. The van der Waals surface area contributed by atoms with E-state index in [4.69, 9.17) is 5.73 Å². The number of aliphatic hydroxyl groups excluding tert-OH is 1. The van der Waals surface area contributed by atoms with Gasteiger partial charge in [-0.15, -0.1) is 0 Å². The van der Waals surface area contributed by atoms with Gasteiger partial charge in [0.25, 0.3) is 0 Å². The van der Waals surface area contributed by atoms with Crippen molar-refractivity contribution < 1.29 is 5.11 Å². The molecule has 13 heavy (non-hydrogen) atoms. The lowest BCUT2D eigenvalue weighted by Gasteiger charge is -2.13. The Labute approximate surface area is 81.7 Å². The lowest BCUT2D eigenvalue weighted by Crippen LogP contribution is -2.39. The van der Waals surface area contributed by atoms with E-state index in [0.717, 1.165) is 12.8 Å². The molecule has 0 aliphatic heterocycles. The molecule has 3 nitrogen and oxygen atoms in total. The van der Waals surface area contributed by atoms with Crippen molar-refractivity contribution in [1.29, 1.82) is 0 Å². The Hall–Kier alpha value is -0.120. The van der Waals surface area contributed by atoms with E-state index in [1.54, 1.807) is 0 Å². The molecule has 0 saturated carbocycles. The zero-order valence-electron chi connectivity index (χ0n) is 8.92. The maximum atomic E-state index is 9.48. The van der Waals surface area contributed by atoms with Gasteiger partial charge in [-0.3, -0.25) is 5.32 Å². The number of rotatable bonds is 8. The molecule has 0 aliphatic rings. The highest BCUT2D eigenvalue weighted by Gasteiger charge is 2.03. The molecule has 0 spiro atoms. The maximum Gasteiger partial charge on any atom is 0.0665 e. The van der Waals surface area contributed by atoms with Crippen LogP contribution in [0, 0.1) is 0 Å². The summed E-state index contributed by atoms with van der Waals surface area (Å²) in [6.45, 7) is 4.68. The van der Waals surface area contributed by atoms with Gasteiger partial charge in [-0.2, -0.15) is 0 Å². The highest BCUT2D eigenvalue weighted by Crippen LogP contribution is 2.04. The second-order valence-electron chi connectivity index (χ2n) is 3.70. The normalized spacial score (nSPS) is 15.7. The molecule has 0 bridgehead atoms. The van der Waals surface area contributed by atoms with Crippen LogP contribution < -0.4 is 11.1 Å². The summed E-state index contributed by atoms with van der Waals surface area (Å²) >= 11 is 0. The van der Waals surface area contributed by atoms with Crippen molar-refractivity contribution in [2.24, 2.45) is 5.73 Å². The summed E-state index contributed by atoms with van der Waals surface area (Å²) in [5.41, 5.74) is 5.49. The van der Waals surface area contributed by atoms with Crippen molar-refractivity contribution in [2.75, 3.05) is 6.54 Å². The fourth-order valence-corrected chi connectivity index (χ4v) is 1.23. The van der Waals surface area contributed by atoms with Gasteiger partial charge in [-0.25, -0.2) is 0 Å². The van der Waals surface area contributed by atoms with E-state index in [1.165, 1.54) is 19.3 Å². The first-order valence-electron chi connectivity index (χ1n) is 5.33. The molecular weight excluding hydrogens is 164 g/mol. The highest BCUT2D eigenvalue weighted by molar-refractivity contribution is 4.61. The second-order valence-corrected chi connectivity index (χ2v) is 3.70. The number of nitrogens with two attached hydrogens (primary N) is 1. The molecule has 80 valence electrons. The fraction of sp³-hybridized carbons (Fsp3) is 1.00. The van der Waals surface area contributed by atoms with E-state index in [9.17, 15) is 5.11 Å². The molecule has 0 fully saturated rings. The van der Waals surface area contributed by atoms with Crippen molar-refractivity contribution in [3.05, 3.63) is 0 Å². The van der Waals surface area contributed by atoms with Crippen LogP contribution in [0.4, 0.5) is 0 Å². The van der Waals surface area contributed by atoms with Crippen LogP contribution >= 0.6 is 0 Å². The first-order chi connectivity index (χ1) is 6.16. The minimum absolute atomic E-state index is 0.0229. The summed E-state index contributed by atoms with van der Waals surface area (Å²) in [6.07, 6.45) is 5.50. The Bertz CT molecular complexity index is 107. The lowest BCUT2D eigenvalue weighted by molar-refractivity contribution is 0.154. The molecule has 3 heteroatoms. The van der Waals surface area contributed by atoms with E-state index in [-0.39, 0.29) is 12.3 Å². The summed E-state index contributed by atoms with van der Waals surface area (Å²) in [6, 6.07) is 0. The fourth-order valence-electron chi connectivity index (χ4n) is 1.23. The van der Waals surface area contributed by atoms with Gasteiger partial charge in [0.05, 0.1) is 12.3 Å². The van der Waals surface area contributed by atoms with Crippen LogP contribution in [0.15, 0.2) is 0 Å². The summed E-state index contributed by atoms with van der Waals surface area (Å²) < 4.78 is 0. The molecule has 0 radical (unpaired) electrons. The number of unbranched alkanes of at least 4 members (excludes halogenated alkanes) is 3.